The van der Waals surface area contributed by atoms with E-state index in [0.29, 0.717) is 12.2 Å². The molecule has 0 saturated carbocycles. The molecule has 0 spiro atoms. The molecule has 4 aromatic rings. The molecule has 0 unspecified atom stereocenters. The predicted molar refractivity (Wildman–Crippen MR) is 112 cm³/mol. The number of hydrogen-bond donors (Lipinski definition) is 2. The summed E-state index contributed by atoms with van der Waals surface area (Å²) in [6.07, 6.45) is 2.20. The number of carbonyl (C=O) groups excluding carboxylic acids is 1. The van der Waals surface area contributed by atoms with Gasteiger partial charge in [-0.25, -0.2) is 0 Å². The summed E-state index contributed by atoms with van der Waals surface area (Å²) in [5, 5.41) is 8.62. The van der Waals surface area contributed by atoms with Crippen molar-refractivity contribution < 1.29 is 4.79 Å². The second kappa shape index (κ2) is 7.04. The van der Waals surface area contributed by atoms with Gasteiger partial charge in [0.15, 0.2) is 0 Å². The Labute approximate surface area is 165 Å². The number of fused-ring (bicyclic) bond motifs is 1. The zero-order valence-electron chi connectivity index (χ0n) is 15.1. The molecule has 0 fully saturated rings. The Kier molecular flexibility index (Phi) is 4.58. The smallest absolute Gasteiger partial charge is 0.230 e. The van der Waals surface area contributed by atoms with E-state index in [9.17, 15) is 4.79 Å². The molecule has 1 amide bonds. The average Bonchev–Trinajstić information content (AvgIpc) is 3.17. The zero-order valence-corrected chi connectivity index (χ0v) is 16.7. The van der Waals surface area contributed by atoms with Gasteiger partial charge < -0.3 is 10.3 Å². The molecule has 0 saturated heterocycles. The van der Waals surface area contributed by atoms with Crippen molar-refractivity contribution in [3.05, 3.63) is 70.5 Å². The van der Waals surface area contributed by atoms with Crippen molar-refractivity contribution in [2.45, 2.75) is 13.3 Å². The van der Waals surface area contributed by atoms with Crippen LogP contribution in [0.25, 0.3) is 22.0 Å². The summed E-state index contributed by atoms with van der Waals surface area (Å²) >= 11 is 3.46. The fourth-order valence-electron chi connectivity index (χ4n) is 3.39. The highest BCUT2D eigenvalue weighted by molar-refractivity contribution is 9.10. The van der Waals surface area contributed by atoms with E-state index < -0.39 is 0 Å². The molecule has 2 N–H and O–H groups in total. The van der Waals surface area contributed by atoms with Crippen LogP contribution < -0.4 is 5.32 Å². The highest BCUT2D eigenvalue weighted by atomic mass is 79.9. The maximum absolute atomic E-state index is 12.7. The molecule has 0 atom stereocenters. The molecule has 0 aliphatic rings. The van der Waals surface area contributed by atoms with Crippen molar-refractivity contribution in [1.82, 2.24) is 14.8 Å². The monoisotopic (exact) mass is 422 g/mol. The lowest BCUT2D eigenvalue weighted by atomic mass is 10.1. The van der Waals surface area contributed by atoms with Crippen LogP contribution in [0.3, 0.4) is 0 Å². The molecular weight excluding hydrogens is 404 g/mol. The quantitative estimate of drug-likeness (QED) is 0.495. The molecule has 0 bridgehead atoms. The minimum atomic E-state index is -0.0684. The first kappa shape index (κ1) is 17.5. The maximum Gasteiger partial charge on any atom is 0.230 e. The molecule has 27 heavy (non-hydrogen) atoms. The van der Waals surface area contributed by atoms with Gasteiger partial charge >= 0.3 is 0 Å². The first-order valence-corrected chi connectivity index (χ1v) is 9.46. The Morgan fingerprint density at radius 3 is 2.70 bits per heavy atom. The Bertz CT molecular complexity index is 1130. The third kappa shape index (κ3) is 3.40. The summed E-state index contributed by atoms with van der Waals surface area (Å²) in [5.74, 6) is 0.640. The second-order valence-corrected chi connectivity index (χ2v) is 7.44. The first-order chi connectivity index (χ1) is 13.0. The Hall–Kier alpha value is -2.86. The third-order valence-corrected chi connectivity index (χ3v) is 5.17. The lowest BCUT2D eigenvalue weighted by molar-refractivity contribution is -0.115. The van der Waals surface area contributed by atoms with Crippen LogP contribution in [-0.4, -0.2) is 20.7 Å². The van der Waals surface area contributed by atoms with Gasteiger partial charge in [0.2, 0.25) is 5.91 Å². The van der Waals surface area contributed by atoms with Crippen molar-refractivity contribution in [2.24, 2.45) is 7.05 Å². The number of nitrogens with zero attached hydrogens (tertiary/aromatic N) is 2. The first-order valence-electron chi connectivity index (χ1n) is 8.67. The molecule has 0 radical (unpaired) electrons. The minimum absolute atomic E-state index is 0.0684. The van der Waals surface area contributed by atoms with Crippen molar-refractivity contribution >= 4 is 38.6 Å². The molecule has 0 aliphatic carbocycles. The zero-order chi connectivity index (χ0) is 19.0. The number of nitrogens with one attached hydrogen (secondary N) is 2. The average molecular weight is 423 g/mol. The molecule has 2 heterocycles. The number of anilines is 1. The standard InChI is InChI=1S/C21H19BrN4O/c1-13-20(14-7-9-16(22)10-8-14)21(26(2)25-13)24-19(27)11-15-12-23-18-6-4-3-5-17(15)18/h3-10,12,23H,11H2,1-2H3,(H,24,27). The number of benzene rings is 2. The SMILES string of the molecule is Cc1nn(C)c(NC(=O)Cc2c[nH]c3ccccc23)c1-c1ccc(Br)cc1. The van der Waals surface area contributed by atoms with Gasteiger partial charge in [0, 0.05) is 34.2 Å². The van der Waals surface area contributed by atoms with Crippen LogP contribution in [0.2, 0.25) is 0 Å². The van der Waals surface area contributed by atoms with Gasteiger partial charge in [-0.15, -0.1) is 0 Å². The van der Waals surface area contributed by atoms with Gasteiger partial charge in [-0.2, -0.15) is 5.10 Å². The summed E-state index contributed by atoms with van der Waals surface area (Å²) in [7, 11) is 1.84. The van der Waals surface area contributed by atoms with E-state index in [2.05, 4.69) is 31.3 Å². The Morgan fingerprint density at radius 2 is 1.93 bits per heavy atom. The Balaban J connectivity index is 1.62. The number of amides is 1. The number of aromatic nitrogens is 3. The van der Waals surface area contributed by atoms with Crippen LogP contribution in [-0.2, 0) is 18.3 Å². The largest absolute Gasteiger partial charge is 0.361 e. The number of aromatic amines is 1. The van der Waals surface area contributed by atoms with Crippen molar-refractivity contribution in [3.8, 4) is 11.1 Å². The van der Waals surface area contributed by atoms with Gasteiger partial charge in [0.25, 0.3) is 0 Å². The van der Waals surface area contributed by atoms with E-state index in [1.54, 1.807) is 4.68 Å². The highest BCUT2D eigenvalue weighted by Gasteiger charge is 2.18. The fourth-order valence-corrected chi connectivity index (χ4v) is 3.66. The van der Waals surface area contributed by atoms with Gasteiger partial charge in [0.1, 0.15) is 5.82 Å². The van der Waals surface area contributed by atoms with Crippen molar-refractivity contribution in [3.63, 3.8) is 0 Å². The number of carbonyl (C=O) groups is 1. The molecule has 2 aromatic heterocycles. The Morgan fingerprint density at radius 1 is 1.19 bits per heavy atom. The third-order valence-electron chi connectivity index (χ3n) is 4.64. The van der Waals surface area contributed by atoms with Gasteiger partial charge in [-0.05, 0) is 36.2 Å². The highest BCUT2D eigenvalue weighted by Crippen LogP contribution is 2.32. The molecule has 4 rings (SSSR count). The number of para-hydroxylation sites is 1. The van der Waals surface area contributed by atoms with Crippen molar-refractivity contribution in [2.75, 3.05) is 5.32 Å². The molecule has 0 aliphatic heterocycles. The van der Waals surface area contributed by atoms with E-state index in [-0.39, 0.29) is 5.91 Å². The summed E-state index contributed by atoms with van der Waals surface area (Å²) in [4.78, 5) is 16.0. The van der Waals surface area contributed by atoms with E-state index in [1.165, 1.54) is 0 Å². The normalized spacial score (nSPS) is 11.1. The van der Waals surface area contributed by atoms with Gasteiger partial charge in [-0.1, -0.05) is 46.3 Å². The summed E-state index contributed by atoms with van der Waals surface area (Å²) in [6, 6.07) is 16.0. The summed E-state index contributed by atoms with van der Waals surface area (Å²) < 4.78 is 2.73. The molecular formula is C21H19BrN4O. The molecule has 2 aromatic carbocycles. The van der Waals surface area contributed by atoms with Crippen LogP contribution in [0.15, 0.2) is 59.2 Å². The van der Waals surface area contributed by atoms with Crippen LogP contribution >= 0.6 is 15.9 Å². The number of rotatable bonds is 4. The lowest BCUT2D eigenvalue weighted by Crippen LogP contribution is -2.17. The second-order valence-electron chi connectivity index (χ2n) is 6.52. The number of aryl methyl sites for hydroxylation is 2. The van der Waals surface area contributed by atoms with Crippen LogP contribution in [0.4, 0.5) is 5.82 Å². The van der Waals surface area contributed by atoms with E-state index in [0.717, 1.165) is 37.8 Å². The lowest BCUT2D eigenvalue weighted by Gasteiger charge is -2.09. The predicted octanol–water partition coefficient (Wildman–Crippen LogP) is 4.82. The van der Waals surface area contributed by atoms with Crippen LogP contribution in [0.1, 0.15) is 11.3 Å². The maximum atomic E-state index is 12.7. The van der Waals surface area contributed by atoms with Gasteiger partial charge in [-0.3, -0.25) is 9.48 Å². The van der Waals surface area contributed by atoms with E-state index in [1.807, 2.05) is 68.7 Å². The van der Waals surface area contributed by atoms with Gasteiger partial charge in [0.05, 0.1) is 12.1 Å². The summed E-state index contributed by atoms with van der Waals surface area (Å²) in [5.41, 5.74) is 4.85. The minimum Gasteiger partial charge on any atom is -0.361 e. The molecule has 5 nitrogen and oxygen atoms in total. The summed E-state index contributed by atoms with van der Waals surface area (Å²) in [6.45, 7) is 1.95. The molecule has 136 valence electrons. The number of halogens is 1. The molecule has 6 heteroatoms. The topological polar surface area (TPSA) is 62.7 Å². The van der Waals surface area contributed by atoms with E-state index >= 15 is 0 Å². The van der Waals surface area contributed by atoms with E-state index in [4.69, 9.17) is 0 Å². The van der Waals surface area contributed by atoms with Crippen molar-refractivity contribution in [1.29, 1.82) is 0 Å². The van der Waals surface area contributed by atoms with Crippen LogP contribution in [0, 0.1) is 6.92 Å². The number of H-pyrrole nitrogens is 1. The number of hydrogen-bond acceptors (Lipinski definition) is 2. The van der Waals surface area contributed by atoms with Crippen LogP contribution in [0.5, 0.6) is 0 Å². The fraction of sp³-hybridized carbons (Fsp3) is 0.143.